The van der Waals surface area contributed by atoms with Crippen molar-refractivity contribution in [1.29, 1.82) is 0 Å². The largest absolute Gasteiger partial charge is 0.366 e. The maximum atomic E-state index is 13.5. The normalized spacial score (nSPS) is 14.8. The van der Waals surface area contributed by atoms with Crippen LogP contribution < -0.4 is 10.2 Å². The molecule has 8 heteroatoms. The highest BCUT2D eigenvalue weighted by Crippen LogP contribution is 2.32. The van der Waals surface area contributed by atoms with E-state index in [-0.39, 0.29) is 29.0 Å². The van der Waals surface area contributed by atoms with E-state index in [1.54, 1.807) is 17.0 Å². The van der Waals surface area contributed by atoms with Crippen LogP contribution in [0, 0.1) is 27.7 Å². The van der Waals surface area contributed by atoms with Crippen molar-refractivity contribution >= 4 is 17.3 Å². The first-order chi connectivity index (χ1) is 12.9. The fraction of sp³-hybridized carbons (Fsp3) is 0.316. The van der Waals surface area contributed by atoms with Crippen LogP contribution in [-0.2, 0) is 11.3 Å². The molecule has 1 heterocycles. The van der Waals surface area contributed by atoms with Gasteiger partial charge in [0.05, 0.1) is 4.92 Å². The van der Waals surface area contributed by atoms with E-state index in [1.165, 1.54) is 12.1 Å². The van der Waals surface area contributed by atoms with Crippen LogP contribution in [0.5, 0.6) is 0 Å². The van der Waals surface area contributed by atoms with Crippen molar-refractivity contribution < 1.29 is 18.5 Å². The fourth-order valence-corrected chi connectivity index (χ4v) is 3.22. The third-order valence-electron chi connectivity index (χ3n) is 4.72. The van der Waals surface area contributed by atoms with Crippen LogP contribution in [-0.4, -0.2) is 23.9 Å². The molecule has 1 aliphatic rings. The Balaban J connectivity index is 1.57. The van der Waals surface area contributed by atoms with Crippen molar-refractivity contribution in [2.24, 2.45) is 5.92 Å². The maximum absolute atomic E-state index is 13.5. The van der Waals surface area contributed by atoms with Crippen molar-refractivity contribution in [2.45, 2.75) is 19.4 Å². The molecule has 2 aromatic carbocycles. The fourth-order valence-electron chi connectivity index (χ4n) is 3.22. The molecule has 142 valence electrons. The van der Waals surface area contributed by atoms with Crippen molar-refractivity contribution in [2.75, 3.05) is 18.0 Å². The summed E-state index contributed by atoms with van der Waals surface area (Å²) in [6, 6.07) is 9.29. The Hall–Kier alpha value is -3.03. The van der Waals surface area contributed by atoms with Gasteiger partial charge in [0.25, 0.3) is 5.69 Å². The van der Waals surface area contributed by atoms with Crippen LogP contribution in [0.2, 0.25) is 0 Å². The van der Waals surface area contributed by atoms with Crippen LogP contribution in [0.1, 0.15) is 18.4 Å². The third kappa shape index (κ3) is 4.58. The molecular weight excluding hydrogens is 356 g/mol. The maximum Gasteiger partial charge on any atom is 0.292 e. The van der Waals surface area contributed by atoms with E-state index in [1.807, 2.05) is 0 Å². The summed E-state index contributed by atoms with van der Waals surface area (Å²) in [5.74, 6) is -1.18. The average Bonchev–Trinajstić information content (AvgIpc) is 2.67. The SMILES string of the molecule is O=C(NCc1ccc(F)cc1)C1CCN(c2cc(F)ccc2[N+](=O)[O-])CC1. The van der Waals surface area contributed by atoms with Crippen LogP contribution in [0.3, 0.4) is 0 Å². The Morgan fingerprint density at radius 1 is 1.11 bits per heavy atom. The molecule has 0 unspecified atom stereocenters. The Morgan fingerprint density at radius 3 is 2.37 bits per heavy atom. The van der Waals surface area contributed by atoms with E-state index in [4.69, 9.17) is 0 Å². The highest BCUT2D eigenvalue weighted by molar-refractivity contribution is 5.79. The molecule has 27 heavy (non-hydrogen) atoms. The average molecular weight is 375 g/mol. The van der Waals surface area contributed by atoms with Crippen molar-refractivity contribution in [1.82, 2.24) is 5.32 Å². The third-order valence-corrected chi connectivity index (χ3v) is 4.72. The molecule has 3 rings (SSSR count). The second-order valence-electron chi connectivity index (χ2n) is 6.50. The molecule has 1 amide bonds. The van der Waals surface area contributed by atoms with Crippen molar-refractivity contribution in [3.8, 4) is 0 Å². The van der Waals surface area contributed by atoms with Gasteiger partial charge in [0, 0.05) is 37.7 Å². The number of amides is 1. The number of nitrogens with zero attached hydrogens (tertiary/aromatic N) is 2. The van der Waals surface area contributed by atoms with Gasteiger partial charge in [-0.3, -0.25) is 14.9 Å². The number of halogens is 2. The lowest BCUT2D eigenvalue weighted by atomic mass is 9.95. The molecule has 6 nitrogen and oxygen atoms in total. The van der Waals surface area contributed by atoms with Gasteiger partial charge in [-0.1, -0.05) is 12.1 Å². The summed E-state index contributed by atoms with van der Waals surface area (Å²) in [5, 5.41) is 14.0. The van der Waals surface area contributed by atoms with Crippen molar-refractivity contribution in [3.05, 3.63) is 69.8 Å². The van der Waals surface area contributed by atoms with E-state index in [0.717, 1.165) is 23.8 Å². The lowest BCUT2D eigenvalue weighted by Gasteiger charge is -2.32. The minimum Gasteiger partial charge on any atom is -0.366 e. The lowest BCUT2D eigenvalue weighted by molar-refractivity contribution is -0.384. The Kier molecular flexibility index (Phi) is 5.63. The number of piperidine rings is 1. The zero-order chi connectivity index (χ0) is 19.4. The highest BCUT2D eigenvalue weighted by atomic mass is 19.1. The number of carbonyl (C=O) groups excluding carboxylic acids is 1. The summed E-state index contributed by atoms with van der Waals surface area (Å²) in [6.07, 6.45) is 1.03. The summed E-state index contributed by atoms with van der Waals surface area (Å²) < 4.78 is 26.4. The first kappa shape index (κ1) is 18.8. The van der Waals surface area contributed by atoms with Crippen LogP contribution in [0.4, 0.5) is 20.2 Å². The molecular formula is C19H19F2N3O3. The second kappa shape index (κ2) is 8.11. The Labute approximate surface area is 154 Å². The van der Waals surface area contributed by atoms with E-state index in [9.17, 15) is 23.7 Å². The summed E-state index contributed by atoms with van der Waals surface area (Å²) in [6.45, 7) is 1.17. The standard InChI is InChI=1S/C19H19F2N3O3/c20-15-3-1-13(2-4-15)12-22-19(25)14-7-9-23(10-8-14)18-11-16(21)5-6-17(18)24(26)27/h1-6,11,14H,7-10,12H2,(H,22,25). The van der Waals surface area contributed by atoms with Gasteiger partial charge < -0.3 is 10.2 Å². The molecule has 2 aromatic rings. The van der Waals surface area contributed by atoms with Gasteiger partial charge in [0.15, 0.2) is 0 Å². The summed E-state index contributed by atoms with van der Waals surface area (Å²) in [7, 11) is 0. The van der Waals surface area contributed by atoms with Gasteiger partial charge in [0.1, 0.15) is 17.3 Å². The number of benzene rings is 2. The Bertz CT molecular complexity index is 835. The van der Waals surface area contributed by atoms with Gasteiger partial charge in [-0.2, -0.15) is 0 Å². The monoisotopic (exact) mass is 375 g/mol. The smallest absolute Gasteiger partial charge is 0.292 e. The molecule has 0 radical (unpaired) electrons. The summed E-state index contributed by atoms with van der Waals surface area (Å²) in [5.41, 5.74) is 0.901. The predicted octanol–water partition coefficient (Wildman–Crippen LogP) is 3.41. The van der Waals surface area contributed by atoms with Crippen LogP contribution >= 0.6 is 0 Å². The van der Waals surface area contributed by atoms with Crippen LogP contribution in [0.15, 0.2) is 42.5 Å². The van der Waals surface area contributed by atoms with Gasteiger partial charge in [-0.15, -0.1) is 0 Å². The van der Waals surface area contributed by atoms with Gasteiger partial charge in [0.2, 0.25) is 5.91 Å². The topological polar surface area (TPSA) is 75.5 Å². The number of carbonyl (C=O) groups is 1. The van der Waals surface area contributed by atoms with E-state index < -0.39 is 10.7 Å². The number of anilines is 1. The number of nitro benzene ring substituents is 1. The molecule has 1 N–H and O–H groups in total. The van der Waals surface area contributed by atoms with Crippen molar-refractivity contribution in [3.63, 3.8) is 0 Å². The molecule has 1 saturated heterocycles. The molecule has 1 fully saturated rings. The molecule has 0 bridgehead atoms. The lowest BCUT2D eigenvalue weighted by Crippen LogP contribution is -2.40. The van der Waals surface area contributed by atoms with E-state index in [0.29, 0.717) is 32.5 Å². The molecule has 0 saturated carbocycles. The molecule has 1 aliphatic heterocycles. The number of nitro groups is 1. The predicted molar refractivity (Wildman–Crippen MR) is 96.2 cm³/mol. The number of nitrogens with one attached hydrogen (secondary N) is 1. The minimum atomic E-state index is -0.533. The minimum absolute atomic E-state index is 0.104. The summed E-state index contributed by atoms with van der Waals surface area (Å²) >= 11 is 0. The van der Waals surface area contributed by atoms with E-state index in [2.05, 4.69) is 5.32 Å². The number of hydrogen-bond donors (Lipinski definition) is 1. The van der Waals surface area contributed by atoms with E-state index >= 15 is 0 Å². The molecule has 0 aromatic heterocycles. The van der Waals surface area contributed by atoms with Gasteiger partial charge >= 0.3 is 0 Å². The Morgan fingerprint density at radius 2 is 1.74 bits per heavy atom. The molecule has 0 atom stereocenters. The first-order valence-electron chi connectivity index (χ1n) is 8.65. The number of rotatable bonds is 5. The second-order valence-corrected chi connectivity index (χ2v) is 6.50. The molecule has 0 spiro atoms. The zero-order valence-electron chi connectivity index (χ0n) is 14.5. The zero-order valence-corrected chi connectivity index (χ0v) is 14.5. The highest BCUT2D eigenvalue weighted by Gasteiger charge is 2.28. The summed E-state index contributed by atoms with van der Waals surface area (Å²) in [4.78, 5) is 24.7. The molecule has 0 aliphatic carbocycles. The first-order valence-corrected chi connectivity index (χ1v) is 8.65. The number of hydrogen-bond acceptors (Lipinski definition) is 4. The van der Waals surface area contributed by atoms with Gasteiger partial charge in [-0.05, 0) is 36.6 Å². The van der Waals surface area contributed by atoms with Crippen LogP contribution in [0.25, 0.3) is 0 Å². The van der Waals surface area contributed by atoms with Gasteiger partial charge in [-0.25, -0.2) is 8.78 Å². The quantitative estimate of drug-likeness (QED) is 0.642.